The maximum atomic E-state index is 12.8. The zero-order valence-corrected chi connectivity index (χ0v) is 20.6. The molecular formula is C29H28N4O3. The summed E-state index contributed by atoms with van der Waals surface area (Å²) in [6.45, 7) is 4.97. The summed E-state index contributed by atoms with van der Waals surface area (Å²) in [6.07, 6.45) is 0.396. The van der Waals surface area contributed by atoms with Gasteiger partial charge in [-0.3, -0.25) is 14.5 Å². The van der Waals surface area contributed by atoms with Crippen molar-refractivity contribution < 1.29 is 14.3 Å². The van der Waals surface area contributed by atoms with E-state index in [0.717, 1.165) is 45.2 Å². The van der Waals surface area contributed by atoms with Crippen LogP contribution in [0, 0.1) is 13.8 Å². The molecule has 0 aliphatic carbocycles. The molecule has 0 atom stereocenters. The average molecular weight is 481 g/mol. The topological polar surface area (TPSA) is 76.5 Å². The fourth-order valence-corrected chi connectivity index (χ4v) is 4.42. The lowest BCUT2D eigenvalue weighted by atomic mass is 10.1. The minimum Gasteiger partial charge on any atom is -0.497 e. The SMILES string of the molecule is COc1ccc(-c2cc3n(n2)CCC(=O)N3Cc2ccc(C(=O)Nc3ccc(C)cc3C)cc2)cc1. The summed E-state index contributed by atoms with van der Waals surface area (Å²) < 4.78 is 7.12. The van der Waals surface area contributed by atoms with Crippen LogP contribution in [-0.2, 0) is 17.9 Å². The molecule has 5 rings (SSSR count). The number of benzene rings is 3. The van der Waals surface area contributed by atoms with Crippen molar-refractivity contribution in [1.29, 1.82) is 0 Å². The minimum absolute atomic E-state index is 0.0559. The molecular weight excluding hydrogens is 452 g/mol. The molecule has 182 valence electrons. The number of carbonyl (C=O) groups excluding carboxylic acids is 2. The van der Waals surface area contributed by atoms with Crippen LogP contribution in [0.15, 0.2) is 72.8 Å². The number of methoxy groups -OCH3 is 1. The third-order valence-electron chi connectivity index (χ3n) is 6.45. The quantitative estimate of drug-likeness (QED) is 0.403. The summed E-state index contributed by atoms with van der Waals surface area (Å²) in [6, 6.07) is 23.0. The highest BCUT2D eigenvalue weighted by Gasteiger charge is 2.26. The highest BCUT2D eigenvalue weighted by Crippen LogP contribution is 2.30. The van der Waals surface area contributed by atoms with Crippen molar-refractivity contribution in [2.75, 3.05) is 17.3 Å². The molecule has 0 radical (unpaired) electrons. The van der Waals surface area contributed by atoms with E-state index in [0.29, 0.717) is 25.1 Å². The standard InChI is InChI=1S/C29H28N4O3/c1-19-4-13-25(20(2)16-19)30-29(35)23-7-5-21(6-8-23)18-32-27-17-26(31-33(27)15-14-28(32)34)22-9-11-24(36-3)12-10-22/h4-13,16-17H,14-15,18H2,1-3H3,(H,30,35). The lowest BCUT2D eigenvalue weighted by Crippen LogP contribution is -2.36. The van der Waals surface area contributed by atoms with Crippen LogP contribution >= 0.6 is 0 Å². The zero-order chi connectivity index (χ0) is 25.2. The van der Waals surface area contributed by atoms with Gasteiger partial charge in [-0.25, -0.2) is 4.68 Å². The van der Waals surface area contributed by atoms with Gasteiger partial charge in [0, 0.05) is 29.3 Å². The number of nitrogens with one attached hydrogen (secondary N) is 1. The van der Waals surface area contributed by atoms with Crippen molar-refractivity contribution in [3.63, 3.8) is 0 Å². The lowest BCUT2D eigenvalue weighted by Gasteiger charge is -2.27. The molecule has 2 heterocycles. The van der Waals surface area contributed by atoms with Crippen LogP contribution in [-0.4, -0.2) is 28.7 Å². The molecule has 1 aliphatic heterocycles. The number of ether oxygens (including phenoxy) is 1. The molecule has 7 heteroatoms. The molecule has 0 spiro atoms. The van der Waals surface area contributed by atoms with E-state index in [9.17, 15) is 9.59 Å². The second-order valence-corrected chi connectivity index (χ2v) is 9.04. The monoisotopic (exact) mass is 480 g/mol. The number of amides is 2. The van der Waals surface area contributed by atoms with Crippen LogP contribution in [0.4, 0.5) is 11.5 Å². The molecule has 0 saturated heterocycles. The maximum Gasteiger partial charge on any atom is 0.255 e. The predicted molar refractivity (Wildman–Crippen MR) is 140 cm³/mol. The van der Waals surface area contributed by atoms with E-state index in [-0.39, 0.29) is 11.8 Å². The number of hydrogen-bond donors (Lipinski definition) is 1. The molecule has 2 amide bonds. The van der Waals surface area contributed by atoms with Crippen molar-refractivity contribution in [3.8, 4) is 17.0 Å². The summed E-state index contributed by atoms with van der Waals surface area (Å²) in [5, 5.41) is 7.70. The summed E-state index contributed by atoms with van der Waals surface area (Å²) in [4.78, 5) is 27.3. The summed E-state index contributed by atoms with van der Waals surface area (Å²) in [5.74, 6) is 1.45. The van der Waals surface area contributed by atoms with Crippen LogP contribution in [0.25, 0.3) is 11.3 Å². The van der Waals surface area contributed by atoms with Gasteiger partial charge in [0.2, 0.25) is 5.91 Å². The molecule has 4 aromatic rings. The first-order valence-electron chi connectivity index (χ1n) is 11.9. The Hall–Kier alpha value is -4.39. The van der Waals surface area contributed by atoms with E-state index in [2.05, 4.69) is 5.32 Å². The number of anilines is 2. The summed E-state index contributed by atoms with van der Waals surface area (Å²) in [5.41, 5.74) is 6.25. The molecule has 1 N–H and O–H groups in total. The van der Waals surface area contributed by atoms with Crippen LogP contribution in [0.1, 0.15) is 33.5 Å². The third-order valence-corrected chi connectivity index (χ3v) is 6.45. The molecule has 7 nitrogen and oxygen atoms in total. The first kappa shape index (κ1) is 23.4. The van der Waals surface area contributed by atoms with Crippen molar-refractivity contribution in [2.24, 2.45) is 0 Å². The van der Waals surface area contributed by atoms with E-state index in [1.165, 1.54) is 0 Å². The van der Waals surface area contributed by atoms with Crippen LogP contribution < -0.4 is 15.0 Å². The first-order chi connectivity index (χ1) is 17.4. The smallest absolute Gasteiger partial charge is 0.255 e. The van der Waals surface area contributed by atoms with Gasteiger partial charge in [-0.05, 0) is 67.4 Å². The van der Waals surface area contributed by atoms with E-state index < -0.39 is 0 Å². The van der Waals surface area contributed by atoms with Crippen LogP contribution in [0.2, 0.25) is 0 Å². The first-order valence-corrected chi connectivity index (χ1v) is 11.9. The molecule has 0 bridgehead atoms. The normalized spacial score (nSPS) is 12.9. The van der Waals surface area contributed by atoms with Gasteiger partial charge in [0.05, 0.1) is 25.9 Å². The Morgan fingerprint density at radius 2 is 1.75 bits per heavy atom. The number of rotatable bonds is 6. The Morgan fingerprint density at radius 1 is 1.00 bits per heavy atom. The fraction of sp³-hybridized carbons (Fsp3) is 0.207. The highest BCUT2D eigenvalue weighted by atomic mass is 16.5. The number of aryl methyl sites for hydroxylation is 3. The van der Waals surface area contributed by atoms with E-state index >= 15 is 0 Å². The summed E-state index contributed by atoms with van der Waals surface area (Å²) >= 11 is 0. The van der Waals surface area contributed by atoms with Gasteiger partial charge in [0.25, 0.3) is 5.91 Å². The predicted octanol–water partition coefficient (Wildman–Crippen LogP) is 5.36. The number of aromatic nitrogens is 2. The Morgan fingerprint density at radius 3 is 2.44 bits per heavy atom. The number of hydrogen-bond acceptors (Lipinski definition) is 4. The Labute approximate surface area is 210 Å². The van der Waals surface area contributed by atoms with Gasteiger partial charge >= 0.3 is 0 Å². The molecule has 3 aromatic carbocycles. The molecule has 0 saturated carbocycles. The molecule has 0 fully saturated rings. The van der Waals surface area contributed by atoms with Gasteiger partial charge in [0.15, 0.2) is 0 Å². The molecule has 0 unspecified atom stereocenters. The second kappa shape index (κ2) is 9.70. The van der Waals surface area contributed by atoms with Crippen molar-refractivity contribution in [2.45, 2.75) is 33.4 Å². The summed E-state index contributed by atoms with van der Waals surface area (Å²) in [7, 11) is 1.64. The number of nitrogens with zero attached hydrogens (tertiary/aromatic N) is 3. The number of carbonyl (C=O) groups is 2. The molecule has 1 aromatic heterocycles. The van der Waals surface area contributed by atoms with Crippen molar-refractivity contribution in [3.05, 3.63) is 95.1 Å². The largest absolute Gasteiger partial charge is 0.497 e. The Balaban J connectivity index is 1.32. The van der Waals surface area contributed by atoms with E-state index in [4.69, 9.17) is 9.84 Å². The van der Waals surface area contributed by atoms with E-state index in [1.54, 1.807) is 24.1 Å². The zero-order valence-electron chi connectivity index (χ0n) is 20.6. The van der Waals surface area contributed by atoms with Gasteiger partial charge in [0.1, 0.15) is 11.6 Å². The van der Waals surface area contributed by atoms with Gasteiger partial charge in [-0.15, -0.1) is 0 Å². The van der Waals surface area contributed by atoms with Crippen LogP contribution in [0.5, 0.6) is 5.75 Å². The molecule has 1 aliphatic rings. The molecule has 36 heavy (non-hydrogen) atoms. The van der Waals surface area contributed by atoms with Crippen molar-refractivity contribution >= 4 is 23.3 Å². The van der Waals surface area contributed by atoms with E-state index in [1.807, 2.05) is 79.2 Å². The highest BCUT2D eigenvalue weighted by molar-refractivity contribution is 6.04. The fourth-order valence-electron chi connectivity index (χ4n) is 4.42. The Bertz CT molecular complexity index is 1420. The minimum atomic E-state index is -0.162. The van der Waals surface area contributed by atoms with Gasteiger partial charge in [-0.1, -0.05) is 29.8 Å². The Kier molecular flexibility index (Phi) is 6.29. The average Bonchev–Trinajstić information content (AvgIpc) is 3.32. The second-order valence-electron chi connectivity index (χ2n) is 9.04. The van der Waals surface area contributed by atoms with Gasteiger partial charge in [-0.2, -0.15) is 5.10 Å². The maximum absolute atomic E-state index is 12.8. The van der Waals surface area contributed by atoms with Crippen molar-refractivity contribution in [1.82, 2.24) is 9.78 Å². The third kappa shape index (κ3) is 4.73. The lowest BCUT2D eigenvalue weighted by molar-refractivity contribution is -0.119. The number of fused-ring (bicyclic) bond motifs is 1. The van der Waals surface area contributed by atoms with Crippen LogP contribution in [0.3, 0.4) is 0 Å². The van der Waals surface area contributed by atoms with Gasteiger partial charge < -0.3 is 10.1 Å².